The lowest BCUT2D eigenvalue weighted by Crippen LogP contribution is -2.24. The van der Waals surface area contributed by atoms with E-state index in [0.29, 0.717) is 28.7 Å². The van der Waals surface area contributed by atoms with E-state index in [0.717, 1.165) is 12.8 Å². The van der Waals surface area contributed by atoms with Crippen molar-refractivity contribution in [2.75, 3.05) is 26.5 Å². The minimum Gasteiger partial charge on any atom is -0.494 e. The molecular weight excluding hydrogens is 426 g/mol. The molecule has 0 atom stereocenters. The number of para-hydroxylation sites is 1. The van der Waals surface area contributed by atoms with Crippen LogP contribution in [0.1, 0.15) is 27.4 Å². The highest BCUT2D eigenvalue weighted by Crippen LogP contribution is 2.37. The molecule has 4 rings (SSSR count). The number of rotatable bonds is 8. The first kappa shape index (κ1) is 18.5. The first-order valence-corrected chi connectivity index (χ1v) is 10.1. The topological polar surface area (TPSA) is 140 Å². The van der Waals surface area contributed by atoms with E-state index in [9.17, 15) is 4.79 Å². The molecule has 3 N–H and O–H groups in total. The molecule has 0 bridgehead atoms. The zero-order valence-electron chi connectivity index (χ0n) is 21.3. The Kier molecular flexibility index (Phi) is 5.39. The highest BCUT2D eigenvalue weighted by Gasteiger charge is 2.28. The number of amides is 1. The number of anilines is 2. The molecule has 1 aliphatic carbocycles. The summed E-state index contributed by atoms with van der Waals surface area (Å²) < 4.78 is 29.3. The van der Waals surface area contributed by atoms with Crippen LogP contribution in [0, 0.1) is 5.92 Å². The Bertz CT molecular complexity index is 1290. The number of hydrogen-bond donors (Lipinski definition) is 3. The zero-order chi connectivity index (χ0) is 25.9. The largest absolute Gasteiger partial charge is 0.494 e. The van der Waals surface area contributed by atoms with Gasteiger partial charge >= 0.3 is 0 Å². The lowest BCUT2D eigenvalue weighted by molar-refractivity contribution is 0.0958. The van der Waals surface area contributed by atoms with Crippen LogP contribution in [0.25, 0.3) is 11.4 Å². The number of methoxy groups -OCH3 is 1. The van der Waals surface area contributed by atoms with Crippen molar-refractivity contribution in [1.29, 1.82) is 0 Å². The normalized spacial score (nSPS) is 15.2. The van der Waals surface area contributed by atoms with Crippen LogP contribution in [0.3, 0.4) is 0 Å². The van der Waals surface area contributed by atoms with Crippen molar-refractivity contribution in [3.05, 3.63) is 36.3 Å². The minimum atomic E-state index is -2.71. The Labute approximate surface area is 194 Å². The standard InChI is InChI=1S/C21H25N9O3/c1-22-21(31)17-15(10-16(26-27-17)25-19(29-33-4)12-8-9-12)24-14-7-5-6-13(18(14)32-3)20-23-11-30(2)28-20/h5-7,10-12H,8-9H2,1-4H3,(H,22,31)(H2,24,25,26,29)/i1D3. The van der Waals surface area contributed by atoms with Crippen LogP contribution in [-0.2, 0) is 11.9 Å². The molecule has 172 valence electrons. The third kappa shape index (κ3) is 4.90. The van der Waals surface area contributed by atoms with Gasteiger partial charge in [-0.25, -0.2) is 9.98 Å². The molecular formula is C21H25N9O3. The number of nitrogens with zero attached hydrogens (tertiary/aromatic N) is 6. The maximum absolute atomic E-state index is 12.7. The molecule has 0 unspecified atom stereocenters. The Hall–Kier alpha value is -4.06. The molecule has 12 heteroatoms. The van der Waals surface area contributed by atoms with Gasteiger partial charge in [-0.1, -0.05) is 6.07 Å². The van der Waals surface area contributed by atoms with Crippen molar-refractivity contribution in [1.82, 2.24) is 35.8 Å². The summed E-state index contributed by atoms with van der Waals surface area (Å²) >= 11 is 0. The Morgan fingerprint density at radius 1 is 1.27 bits per heavy atom. The average Bonchev–Trinajstić information content (AvgIpc) is 3.58. The summed E-state index contributed by atoms with van der Waals surface area (Å²) in [7, 11) is 4.72. The van der Waals surface area contributed by atoms with Gasteiger partial charge in [-0.2, -0.15) is 5.10 Å². The number of ether oxygens (including phenoxy) is 1. The number of aryl methyl sites for hydroxylation is 1. The summed E-state index contributed by atoms with van der Waals surface area (Å²) in [4.78, 5) is 26.5. The summed E-state index contributed by atoms with van der Waals surface area (Å²) in [6, 6.07) is 6.77. The van der Waals surface area contributed by atoms with E-state index in [-0.39, 0.29) is 23.1 Å². The van der Waals surface area contributed by atoms with Crippen molar-refractivity contribution in [2.45, 2.75) is 12.8 Å². The van der Waals surface area contributed by atoms with Gasteiger partial charge in [0.25, 0.3) is 5.91 Å². The van der Waals surface area contributed by atoms with E-state index in [2.05, 4.69) is 36.1 Å². The highest BCUT2D eigenvalue weighted by atomic mass is 16.6. The molecule has 0 radical (unpaired) electrons. The lowest BCUT2D eigenvalue weighted by atomic mass is 10.1. The van der Waals surface area contributed by atoms with E-state index in [1.54, 1.807) is 36.3 Å². The van der Waals surface area contributed by atoms with Crippen molar-refractivity contribution >= 4 is 28.9 Å². The first-order valence-electron chi connectivity index (χ1n) is 11.6. The quantitative estimate of drug-likeness (QED) is 0.265. The number of benzene rings is 1. The molecule has 1 saturated carbocycles. The number of hydroxylamine groups is 1. The van der Waals surface area contributed by atoms with Gasteiger partial charge < -0.3 is 15.4 Å². The molecule has 3 aromatic rings. The molecule has 0 aliphatic heterocycles. The van der Waals surface area contributed by atoms with E-state index >= 15 is 0 Å². The number of carbonyl (C=O) groups is 1. The van der Waals surface area contributed by atoms with Gasteiger partial charge in [0.15, 0.2) is 23.1 Å². The fourth-order valence-electron chi connectivity index (χ4n) is 3.18. The van der Waals surface area contributed by atoms with Gasteiger partial charge in [-0.3, -0.25) is 19.8 Å². The van der Waals surface area contributed by atoms with Gasteiger partial charge in [0.05, 0.1) is 31.2 Å². The monoisotopic (exact) mass is 454 g/mol. The second-order valence-electron chi connectivity index (χ2n) is 7.25. The number of aromatic nitrogens is 5. The van der Waals surface area contributed by atoms with Gasteiger partial charge in [-0.15, -0.1) is 10.2 Å². The predicted molar refractivity (Wildman–Crippen MR) is 122 cm³/mol. The maximum atomic E-state index is 12.7. The zero-order valence-corrected chi connectivity index (χ0v) is 18.3. The van der Waals surface area contributed by atoms with Crippen LogP contribution in [-0.4, -0.2) is 57.9 Å². The second-order valence-corrected chi connectivity index (χ2v) is 7.25. The molecule has 1 fully saturated rings. The molecule has 1 aromatic carbocycles. The van der Waals surface area contributed by atoms with Crippen LogP contribution in [0.2, 0.25) is 0 Å². The van der Waals surface area contributed by atoms with Gasteiger partial charge in [0.2, 0.25) is 0 Å². The van der Waals surface area contributed by atoms with Gasteiger partial charge in [0.1, 0.15) is 12.2 Å². The fourth-order valence-corrected chi connectivity index (χ4v) is 3.18. The third-order valence-electron chi connectivity index (χ3n) is 4.84. The number of carbonyl (C=O) groups excluding carboxylic acids is 1. The average molecular weight is 455 g/mol. The van der Waals surface area contributed by atoms with E-state index in [4.69, 9.17) is 13.7 Å². The maximum Gasteiger partial charge on any atom is 0.273 e. The number of aliphatic imine (C=N–C) groups is 1. The number of nitrogens with one attached hydrogen (secondary N) is 3. The van der Waals surface area contributed by atoms with Crippen molar-refractivity contribution in [2.24, 2.45) is 18.0 Å². The van der Waals surface area contributed by atoms with Crippen LogP contribution in [0.5, 0.6) is 5.75 Å². The number of hydrogen-bond acceptors (Lipinski definition) is 9. The molecule has 12 nitrogen and oxygen atoms in total. The smallest absolute Gasteiger partial charge is 0.273 e. The summed E-state index contributed by atoms with van der Waals surface area (Å²) in [6.45, 7) is -2.71. The number of amidine groups is 1. The first-order chi connectivity index (χ1) is 17.2. The van der Waals surface area contributed by atoms with Gasteiger partial charge in [0, 0.05) is 30.1 Å². The highest BCUT2D eigenvalue weighted by molar-refractivity contribution is 5.99. The SMILES string of the molecule is [2H]C([2H])([2H])NC(=O)c1nnc(N=C(NOC)C2CC2)cc1Nc1cccc(-c2ncn(C)n2)c1OC. The Morgan fingerprint density at radius 3 is 2.79 bits per heavy atom. The molecule has 2 heterocycles. The van der Waals surface area contributed by atoms with E-state index in [1.165, 1.54) is 20.3 Å². The van der Waals surface area contributed by atoms with Crippen molar-refractivity contribution < 1.29 is 18.5 Å². The molecule has 1 aliphatic rings. The molecule has 0 spiro atoms. The lowest BCUT2D eigenvalue weighted by Gasteiger charge is -2.15. The van der Waals surface area contributed by atoms with E-state index in [1.807, 2.05) is 5.32 Å². The summed E-state index contributed by atoms with van der Waals surface area (Å²) in [5.41, 5.74) is 3.75. The summed E-state index contributed by atoms with van der Waals surface area (Å²) in [5, 5.41) is 17.3. The molecule has 2 aromatic heterocycles. The third-order valence-corrected chi connectivity index (χ3v) is 4.84. The van der Waals surface area contributed by atoms with Crippen molar-refractivity contribution in [3.63, 3.8) is 0 Å². The summed E-state index contributed by atoms with van der Waals surface area (Å²) in [6.07, 6.45) is 3.48. The molecule has 0 saturated heterocycles. The summed E-state index contributed by atoms with van der Waals surface area (Å²) in [5.74, 6) is 0.904. The van der Waals surface area contributed by atoms with Crippen LogP contribution in [0.15, 0.2) is 35.6 Å². The molecule has 1 amide bonds. The van der Waals surface area contributed by atoms with Crippen LogP contribution >= 0.6 is 0 Å². The minimum absolute atomic E-state index is 0.169. The Morgan fingerprint density at radius 2 is 2.12 bits per heavy atom. The van der Waals surface area contributed by atoms with Crippen LogP contribution < -0.4 is 20.9 Å². The Balaban J connectivity index is 1.76. The van der Waals surface area contributed by atoms with Gasteiger partial charge in [-0.05, 0) is 25.0 Å². The molecule has 33 heavy (non-hydrogen) atoms. The fraction of sp³-hybridized carbons (Fsp3) is 0.333. The predicted octanol–water partition coefficient (Wildman–Crippen LogP) is 1.97. The van der Waals surface area contributed by atoms with Crippen molar-refractivity contribution in [3.8, 4) is 17.1 Å². The van der Waals surface area contributed by atoms with Crippen LogP contribution in [0.4, 0.5) is 17.2 Å². The second kappa shape index (κ2) is 9.61. The van der Waals surface area contributed by atoms with E-state index < -0.39 is 12.9 Å².